The van der Waals surface area contributed by atoms with Gasteiger partial charge in [0.1, 0.15) is 0 Å². The van der Waals surface area contributed by atoms with Crippen molar-refractivity contribution >= 4 is 28.4 Å². The van der Waals surface area contributed by atoms with Gasteiger partial charge < -0.3 is 0 Å². The molecule has 0 radical (unpaired) electrons. The van der Waals surface area contributed by atoms with Gasteiger partial charge in [-0.25, -0.2) is 0 Å². The van der Waals surface area contributed by atoms with E-state index < -0.39 is 0 Å². The summed E-state index contributed by atoms with van der Waals surface area (Å²) in [6.45, 7) is 0. The van der Waals surface area contributed by atoms with Crippen molar-refractivity contribution in [3.63, 3.8) is 0 Å². The third-order valence-corrected chi connectivity index (χ3v) is 4.06. The maximum absolute atomic E-state index is 12.0. The molecule has 0 unspecified atom stereocenters. The molecule has 2 heteroatoms. The van der Waals surface area contributed by atoms with Gasteiger partial charge in [0.15, 0.2) is 5.78 Å². The van der Waals surface area contributed by atoms with Gasteiger partial charge in [-0.2, -0.15) is 0 Å². The molecule has 1 aliphatic rings. The Kier molecular flexibility index (Phi) is 3.78. The van der Waals surface area contributed by atoms with E-state index in [2.05, 4.69) is 22.6 Å². The summed E-state index contributed by atoms with van der Waals surface area (Å²) in [5.41, 5.74) is 0.907. The molecule has 0 spiro atoms. The van der Waals surface area contributed by atoms with E-state index in [9.17, 15) is 4.79 Å². The van der Waals surface area contributed by atoms with E-state index in [0.29, 0.717) is 11.7 Å². The Bertz CT molecular complexity index is 353. The van der Waals surface area contributed by atoms with Gasteiger partial charge in [0.2, 0.25) is 0 Å². The van der Waals surface area contributed by atoms with Crippen LogP contribution in [0.5, 0.6) is 0 Å². The zero-order valence-electron chi connectivity index (χ0n) is 8.71. The lowest BCUT2D eigenvalue weighted by atomic mass is 9.97. The molecular weight excluding hydrogens is 299 g/mol. The van der Waals surface area contributed by atoms with Crippen molar-refractivity contribution in [1.82, 2.24) is 0 Å². The highest BCUT2D eigenvalue weighted by Gasteiger charge is 2.20. The number of halogens is 1. The lowest BCUT2D eigenvalue weighted by Gasteiger charge is -2.08. The Balaban J connectivity index is 2.04. The molecule has 0 saturated heterocycles. The van der Waals surface area contributed by atoms with Crippen LogP contribution in [0.15, 0.2) is 24.3 Å². The van der Waals surface area contributed by atoms with Gasteiger partial charge in [-0.3, -0.25) is 4.79 Å². The highest BCUT2D eigenvalue weighted by atomic mass is 127. The number of ketones is 1. The van der Waals surface area contributed by atoms with Crippen LogP contribution in [0.1, 0.15) is 42.5 Å². The van der Waals surface area contributed by atoms with Gasteiger partial charge in [-0.1, -0.05) is 43.9 Å². The molecule has 0 atom stereocenters. The van der Waals surface area contributed by atoms with Crippen LogP contribution in [-0.2, 0) is 0 Å². The van der Waals surface area contributed by atoms with Crippen LogP contribution in [0.2, 0.25) is 0 Å². The first-order valence-electron chi connectivity index (χ1n) is 5.55. The summed E-state index contributed by atoms with van der Waals surface area (Å²) >= 11 is 2.24. The second-order valence-corrected chi connectivity index (χ2v) is 5.42. The maximum atomic E-state index is 12.0. The van der Waals surface area contributed by atoms with Crippen molar-refractivity contribution in [2.45, 2.75) is 32.1 Å². The van der Waals surface area contributed by atoms with Gasteiger partial charge in [0.25, 0.3) is 0 Å². The molecule has 1 aromatic carbocycles. The smallest absolute Gasteiger partial charge is 0.164 e. The molecule has 80 valence electrons. The van der Waals surface area contributed by atoms with Crippen molar-refractivity contribution in [2.24, 2.45) is 5.92 Å². The second-order valence-electron chi connectivity index (χ2n) is 4.26. The zero-order valence-corrected chi connectivity index (χ0v) is 10.9. The van der Waals surface area contributed by atoms with E-state index in [-0.39, 0.29) is 0 Å². The molecule has 1 saturated carbocycles. The molecule has 1 aliphatic carbocycles. The molecule has 0 N–H and O–H groups in total. The minimum absolute atomic E-state index is 0.326. The van der Waals surface area contributed by atoms with Crippen molar-refractivity contribution in [1.29, 1.82) is 0 Å². The lowest BCUT2D eigenvalue weighted by molar-refractivity contribution is 0.0961. The normalized spacial score (nSPS) is 16.9. The third kappa shape index (κ3) is 2.80. The Morgan fingerprint density at radius 1 is 1.27 bits per heavy atom. The number of carbonyl (C=O) groups is 1. The number of hydrogen-bond donors (Lipinski definition) is 0. The highest BCUT2D eigenvalue weighted by Crippen LogP contribution is 2.29. The van der Waals surface area contributed by atoms with Crippen molar-refractivity contribution in [3.8, 4) is 0 Å². The van der Waals surface area contributed by atoms with E-state index in [4.69, 9.17) is 0 Å². The molecule has 0 heterocycles. The van der Waals surface area contributed by atoms with Crippen LogP contribution in [0, 0.1) is 9.49 Å². The summed E-state index contributed by atoms with van der Waals surface area (Å²) in [6, 6.07) is 7.87. The summed E-state index contributed by atoms with van der Waals surface area (Å²) in [7, 11) is 0. The zero-order chi connectivity index (χ0) is 10.7. The molecule has 1 aromatic rings. The first-order valence-corrected chi connectivity index (χ1v) is 6.63. The third-order valence-electron chi connectivity index (χ3n) is 3.12. The molecule has 1 fully saturated rings. The summed E-state index contributed by atoms with van der Waals surface area (Å²) < 4.78 is 1.08. The van der Waals surface area contributed by atoms with Gasteiger partial charge in [-0.05, 0) is 34.6 Å². The van der Waals surface area contributed by atoms with Crippen LogP contribution < -0.4 is 0 Å². The van der Waals surface area contributed by atoms with Crippen LogP contribution >= 0.6 is 22.6 Å². The van der Waals surface area contributed by atoms with E-state index in [1.54, 1.807) is 0 Å². The summed E-state index contributed by atoms with van der Waals surface area (Å²) in [5, 5.41) is 0. The van der Waals surface area contributed by atoms with Crippen molar-refractivity contribution in [2.75, 3.05) is 0 Å². The van der Waals surface area contributed by atoms with Crippen molar-refractivity contribution in [3.05, 3.63) is 33.4 Å². The Morgan fingerprint density at radius 2 is 1.93 bits per heavy atom. The topological polar surface area (TPSA) is 17.1 Å². The molecule has 0 amide bonds. The van der Waals surface area contributed by atoms with Crippen LogP contribution in [-0.4, -0.2) is 5.78 Å². The highest BCUT2D eigenvalue weighted by molar-refractivity contribution is 14.1. The Morgan fingerprint density at radius 3 is 2.60 bits per heavy atom. The predicted octanol–water partition coefficient (Wildman–Crippen LogP) is 4.05. The maximum Gasteiger partial charge on any atom is 0.164 e. The minimum atomic E-state index is 0.326. The quantitative estimate of drug-likeness (QED) is 0.607. The number of hydrogen-bond acceptors (Lipinski definition) is 1. The minimum Gasteiger partial charge on any atom is -0.294 e. The first kappa shape index (κ1) is 11.1. The number of Topliss-reactive ketones (excluding diaryl/α,β-unsaturated/α-hetero) is 1. The fraction of sp³-hybridized carbons (Fsp3) is 0.462. The Hall–Kier alpha value is -0.380. The average molecular weight is 314 g/mol. The molecule has 0 aromatic heterocycles. The standard InChI is InChI=1S/C13H15IO/c14-12-8-4-3-7-11(12)13(15)9-10-5-1-2-6-10/h3-4,7-8,10H,1-2,5-6,9H2. The molecule has 0 aliphatic heterocycles. The largest absolute Gasteiger partial charge is 0.294 e. The average Bonchev–Trinajstić information content (AvgIpc) is 2.71. The van der Waals surface area contributed by atoms with Crippen LogP contribution in [0.4, 0.5) is 0 Å². The van der Waals surface area contributed by atoms with Crippen LogP contribution in [0.3, 0.4) is 0 Å². The summed E-state index contributed by atoms with van der Waals surface area (Å²) in [6.07, 6.45) is 5.86. The van der Waals surface area contributed by atoms with E-state index in [0.717, 1.165) is 15.6 Å². The fourth-order valence-corrected chi connectivity index (χ4v) is 2.96. The van der Waals surface area contributed by atoms with E-state index >= 15 is 0 Å². The molecule has 2 rings (SSSR count). The number of rotatable bonds is 3. The number of benzene rings is 1. The monoisotopic (exact) mass is 314 g/mol. The summed E-state index contributed by atoms with van der Waals surface area (Å²) in [5.74, 6) is 0.973. The molecule has 1 nitrogen and oxygen atoms in total. The second kappa shape index (κ2) is 5.10. The number of carbonyl (C=O) groups excluding carboxylic acids is 1. The van der Waals surface area contributed by atoms with Gasteiger partial charge in [-0.15, -0.1) is 0 Å². The van der Waals surface area contributed by atoms with Crippen molar-refractivity contribution < 1.29 is 4.79 Å². The predicted molar refractivity (Wildman–Crippen MR) is 70.1 cm³/mol. The SMILES string of the molecule is O=C(CC1CCCC1)c1ccccc1I. The fourth-order valence-electron chi connectivity index (χ4n) is 2.27. The van der Waals surface area contributed by atoms with Gasteiger partial charge in [0, 0.05) is 15.6 Å². The Labute approximate surface area is 104 Å². The lowest BCUT2D eigenvalue weighted by Crippen LogP contribution is -2.07. The molecule has 15 heavy (non-hydrogen) atoms. The molecular formula is C13H15IO. The molecule has 0 bridgehead atoms. The van der Waals surface area contributed by atoms with Crippen LogP contribution in [0.25, 0.3) is 0 Å². The van der Waals surface area contributed by atoms with Gasteiger partial charge >= 0.3 is 0 Å². The summed E-state index contributed by atoms with van der Waals surface area (Å²) in [4.78, 5) is 12.0. The van der Waals surface area contributed by atoms with Gasteiger partial charge in [0.05, 0.1) is 0 Å². The van der Waals surface area contributed by atoms with E-state index in [1.807, 2.05) is 24.3 Å². The first-order chi connectivity index (χ1) is 7.27. The van der Waals surface area contributed by atoms with E-state index in [1.165, 1.54) is 25.7 Å².